The highest BCUT2D eigenvalue weighted by Crippen LogP contribution is 2.39. The fraction of sp³-hybridized carbons (Fsp3) is 0.222. The molecule has 0 radical (unpaired) electrons. The first kappa shape index (κ1) is 13.8. The molecular formula is C18H16N2O3. The lowest BCUT2D eigenvalue weighted by Crippen LogP contribution is -2.24. The molecule has 0 N–H and O–H groups in total. The van der Waals surface area contributed by atoms with Gasteiger partial charge in [0, 0.05) is 13.3 Å². The molecule has 0 unspecified atom stereocenters. The van der Waals surface area contributed by atoms with Gasteiger partial charge < -0.3 is 9.47 Å². The topological polar surface area (TPSA) is 51.1 Å². The number of hydrogen-bond acceptors (Lipinski definition) is 4. The van der Waals surface area contributed by atoms with Crippen LogP contribution in [0.25, 0.3) is 0 Å². The predicted octanol–water partition coefficient (Wildman–Crippen LogP) is 3.11. The third kappa shape index (κ3) is 2.44. The second-order valence-electron chi connectivity index (χ2n) is 5.61. The van der Waals surface area contributed by atoms with E-state index in [0.29, 0.717) is 6.42 Å². The van der Waals surface area contributed by atoms with Crippen molar-refractivity contribution in [3.63, 3.8) is 0 Å². The number of fused-ring (bicyclic) bond motifs is 1. The summed E-state index contributed by atoms with van der Waals surface area (Å²) >= 11 is 0. The van der Waals surface area contributed by atoms with Crippen LogP contribution in [0.1, 0.15) is 30.5 Å². The number of rotatable bonds is 2. The second-order valence-corrected chi connectivity index (χ2v) is 5.61. The molecule has 0 spiro atoms. The van der Waals surface area contributed by atoms with Crippen molar-refractivity contribution in [1.29, 1.82) is 0 Å². The predicted molar refractivity (Wildman–Crippen MR) is 85.4 cm³/mol. The lowest BCUT2D eigenvalue weighted by atomic mass is 9.98. The zero-order chi connectivity index (χ0) is 15.8. The fourth-order valence-electron chi connectivity index (χ4n) is 2.99. The molecule has 0 saturated heterocycles. The van der Waals surface area contributed by atoms with Crippen LogP contribution in [0.4, 0.5) is 0 Å². The van der Waals surface area contributed by atoms with E-state index in [0.717, 1.165) is 28.3 Å². The first-order valence-electron chi connectivity index (χ1n) is 7.54. The Hall–Kier alpha value is -2.82. The third-order valence-corrected chi connectivity index (χ3v) is 4.12. The Labute approximate surface area is 134 Å². The summed E-state index contributed by atoms with van der Waals surface area (Å²) in [5, 5.41) is 6.09. The van der Waals surface area contributed by atoms with Gasteiger partial charge >= 0.3 is 0 Å². The summed E-state index contributed by atoms with van der Waals surface area (Å²) in [5.74, 6) is 1.39. The number of ether oxygens (including phenoxy) is 2. The summed E-state index contributed by atoms with van der Waals surface area (Å²) < 4.78 is 10.8. The van der Waals surface area contributed by atoms with E-state index in [1.807, 2.05) is 48.5 Å². The average Bonchev–Trinajstić information content (AvgIpc) is 3.22. The van der Waals surface area contributed by atoms with Crippen molar-refractivity contribution in [3.05, 3.63) is 59.7 Å². The van der Waals surface area contributed by atoms with Crippen LogP contribution in [-0.4, -0.2) is 23.4 Å². The largest absolute Gasteiger partial charge is 0.454 e. The molecule has 2 heterocycles. The molecule has 4 rings (SSSR count). The van der Waals surface area contributed by atoms with Crippen molar-refractivity contribution in [2.24, 2.45) is 5.10 Å². The summed E-state index contributed by atoms with van der Waals surface area (Å²) in [6.45, 7) is 1.78. The van der Waals surface area contributed by atoms with E-state index in [1.54, 1.807) is 5.01 Å². The Morgan fingerprint density at radius 3 is 2.70 bits per heavy atom. The lowest BCUT2D eigenvalue weighted by molar-refractivity contribution is -0.130. The fourth-order valence-corrected chi connectivity index (χ4v) is 2.99. The molecule has 23 heavy (non-hydrogen) atoms. The van der Waals surface area contributed by atoms with Gasteiger partial charge in [-0.2, -0.15) is 5.10 Å². The molecule has 2 aliphatic heterocycles. The molecular weight excluding hydrogens is 292 g/mol. The zero-order valence-corrected chi connectivity index (χ0v) is 12.7. The van der Waals surface area contributed by atoms with Crippen LogP contribution >= 0.6 is 0 Å². The van der Waals surface area contributed by atoms with E-state index in [4.69, 9.17) is 9.47 Å². The Kier molecular flexibility index (Phi) is 3.26. The second kappa shape index (κ2) is 5.43. The summed E-state index contributed by atoms with van der Waals surface area (Å²) in [5.41, 5.74) is 2.96. The molecule has 5 heteroatoms. The van der Waals surface area contributed by atoms with E-state index in [9.17, 15) is 4.79 Å². The molecule has 116 valence electrons. The minimum absolute atomic E-state index is 0.0707. The number of nitrogens with zero attached hydrogens (tertiary/aromatic N) is 2. The average molecular weight is 308 g/mol. The minimum Gasteiger partial charge on any atom is -0.454 e. The van der Waals surface area contributed by atoms with Gasteiger partial charge in [-0.15, -0.1) is 0 Å². The minimum atomic E-state index is -0.114. The summed E-state index contributed by atoms with van der Waals surface area (Å²) in [6, 6.07) is 15.6. The summed E-state index contributed by atoms with van der Waals surface area (Å²) in [4.78, 5) is 12.0. The van der Waals surface area contributed by atoms with E-state index in [2.05, 4.69) is 5.10 Å². The molecule has 2 aromatic carbocycles. The smallest absolute Gasteiger partial charge is 0.240 e. The first-order valence-corrected chi connectivity index (χ1v) is 7.54. The van der Waals surface area contributed by atoms with E-state index in [-0.39, 0.29) is 18.7 Å². The van der Waals surface area contributed by atoms with Crippen molar-refractivity contribution in [2.75, 3.05) is 6.79 Å². The van der Waals surface area contributed by atoms with Crippen molar-refractivity contribution in [3.8, 4) is 11.5 Å². The van der Waals surface area contributed by atoms with E-state index < -0.39 is 0 Å². The Morgan fingerprint density at radius 2 is 1.91 bits per heavy atom. The maximum atomic E-state index is 12.0. The summed E-state index contributed by atoms with van der Waals surface area (Å²) in [6.07, 6.45) is 0.684. The molecule has 1 atom stereocenters. The van der Waals surface area contributed by atoms with Crippen LogP contribution in [0, 0.1) is 0 Å². The van der Waals surface area contributed by atoms with Crippen molar-refractivity contribution in [1.82, 2.24) is 5.01 Å². The van der Waals surface area contributed by atoms with Gasteiger partial charge in [0.1, 0.15) is 0 Å². The molecule has 2 aliphatic rings. The highest BCUT2D eigenvalue weighted by Gasteiger charge is 2.32. The van der Waals surface area contributed by atoms with Gasteiger partial charge in [-0.1, -0.05) is 36.4 Å². The molecule has 0 bridgehead atoms. The molecule has 0 saturated carbocycles. The van der Waals surface area contributed by atoms with Crippen LogP contribution < -0.4 is 9.47 Å². The van der Waals surface area contributed by atoms with Gasteiger partial charge in [0.15, 0.2) is 11.5 Å². The molecule has 0 fully saturated rings. The monoisotopic (exact) mass is 308 g/mol. The van der Waals surface area contributed by atoms with Crippen molar-refractivity contribution < 1.29 is 14.3 Å². The standard InChI is InChI=1S/C18H16N2O3/c1-12(21)20-16(10-15(19-20)13-5-3-2-4-6-13)14-7-8-17-18(9-14)23-11-22-17/h2-9,16H,10-11H2,1H3/t16-/m1/s1. The third-order valence-electron chi connectivity index (χ3n) is 4.12. The van der Waals surface area contributed by atoms with Gasteiger partial charge in [-0.3, -0.25) is 4.79 Å². The van der Waals surface area contributed by atoms with Gasteiger partial charge in [-0.25, -0.2) is 5.01 Å². The van der Waals surface area contributed by atoms with Crippen LogP contribution in [0.5, 0.6) is 11.5 Å². The van der Waals surface area contributed by atoms with Gasteiger partial charge in [-0.05, 0) is 23.3 Å². The summed E-state index contributed by atoms with van der Waals surface area (Å²) in [7, 11) is 0. The van der Waals surface area contributed by atoms with Crippen LogP contribution in [0.15, 0.2) is 53.6 Å². The van der Waals surface area contributed by atoms with Crippen LogP contribution in [-0.2, 0) is 4.79 Å². The normalized spacial score (nSPS) is 18.9. The number of carbonyl (C=O) groups excluding carboxylic acids is 1. The molecule has 5 nitrogen and oxygen atoms in total. The molecule has 2 aromatic rings. The highest BCUT2D eigenvalue weighted by atomic mass is 16.7. The number of benzene rings is 2. The van der Waals surface area contributed by atoms with Gasteiger partial charge in [0.2, 0.25) is 12.7 Å². The van der Waals surface area contributed by atoms with Crippen LogP contribution in [0.2, 0.25) is 0 Å². The number of hydrazone groups is 1. The number of hydrogen-bond donors (Lipinski definition) is 0. The van der Waals surface area contributed by atoms with Crippen molar-refractivity contribution in [2.45, 2.75) is 19.4 Å². The SMILES string of the molecule is CC(=O)N1N=C(c2ccccc2)C[C@@H]1c1ccc2c(c1)OCO2. The highest BCUT2D eigenvalue weighted by molar-refractivity contribution is 6.03. The molecule has 0 aliphatic carbocycles. The Morgan fingerprint density at radius 1 is 1.13 bits per heavy atom. The Balaban J connectivity index is 1.68. The maximum absolute atomic E-state index is 12.0. The Bertz CT molecular complexity index is 786. The first-order chi connectivity index (χ1) is 11.2. The number of carbonyl (C=O) groups is 1. The lowest BCUT2D eigenvalue weighted by Gasteiger charge is -2.20. The number of amides is 1. The quantitative estimate of drug-likeness (QED) is 0.856. The maximum Gasteiger partial charge on any atom is 0.240 e. The molecule has 1 amide bonds. The van der Waals surface area contributed by atoms with E-state index in [1.165, 1.54) is 6.92 Å². The van der Waals surface area contributed by atoms with Crippen molar-refractivity contribution >= 4 is 11.6 Å². The zero-order valence-electron chi connectivity index (χ0n) is 12.7. The van der Waals surface area contributed by atoms with Gasteiger partial charge in [0.25, 0.3) is 0 Å². The van der Waals surface area contributed by atoms with E-state index >= 15 is 0 Å². The van der Waals surface area contributed by atoms with Crippen LogP contribution in [0.3, 0.4) is 0 Å². The molecule has 0 aromatic heterocycles. The van der Waals surface area contributed by atoms with Gasteiger partial charge in [0.05, 0.1) is 11.8 Å².